The number of aliphatic carboxylic acids is 1. The van der Waals surface area contributed by atoms with Crippen molar-refractivity contribution in [1.29, 1.82) is 0 Å². The number of aliphatic hydroxyl groups excluding tert-OH is 1. The van der Waals surface area contributed by atoms with E-state index in [-0.39, 0.29) is 12.3 Å². The summed E-state index contributed by atoms with van der Waals surface area (Å²) in [6.45, 7) is 1.26. The van der Waals surface area contributed by atoms with Gasteiger partial charge in [0.05, 0.1) is 24.1 Å². The van der Waals surface area contributed by atoms with Crippen molar-refractivity contribution >= 4 is 23.0 Å². The van der Waals surface area contributed by atoms with Crippen LogP contribution in [-0.2, 0) is 16.0 Å². The van der Waals surface area contributed by atoms with Crippen LogP contribution in [0.25, 0.3) is 11.1 Å². The number of nitrogens with one attached hydrogen (secondary N) is 2. The van der Waals surface area contributed by atoms with Crippen LogP contribution in [0.4, 0.5) is 0 Å². The largest absolute Gasteiger partial charge is 0.482 e. The predicted molar refractivity (Wildman–Crippen MR) is 118 cm³/mol. The number of hydrogen-bond acceptors (Lipinski definition) is 7. The molecule has 1 unspecified atom stereocenters. The fourth-order valence-electron chi connectivity index (χ4n) is 3.98. The summed E-state index contributed by atoms with van der Waals surface area (Å²) >= 11 is 0. The summed E-state index contributed by atoms with van der Waals surface area (Å²) in [5, 5.41) is 21.8. The fraction of sp³-hybridized carbons (Fsp3) is 0.348. The highest BCUT2D eigenvalue weighted by molar-refractivity contribution is 5.81. The third-order valence-electron chi connectivity index (χ3n) is 5.49. The van der Waals surface area contributed by atoms with Gasteiger partial charge in [0.25, 0.3) is 0 Å². The van der Waals surface area contributed by atoms with Crippen molar-refractivity contribution < 1.29 is 29.0 Å². The zero-order valence-electron chi connectivity index (χ0n) is 17.8. The first-order valence-electron chi connectivity index (χ1n) is 10.6. The molecule has 0 saturated carbocycles. The molecule has 174 valence electrons. The van der Waals surface area contributed by atoms with Crippen molar-refractivity contribution in [2.24, 2.45) is 0 Å². The van der Waals surface area contributed by atoms with Crippen LogP contribution in [0.2, 0.25) is 0 Å². The normalized spacial score (nSPS) is 17.2. The number of β-amino-alcohol motifs (C(OH)–C–C–N with tert-alkyl or cyclic N) is 1. The first kappa shape index (κ1) is 22.6. The van der Waals surface area contributed by atoms with Crippen LogP contribution in [0.3, 0.4) is 0 Å². The Bertz CT molecular complexity index is 1200. The van der Waals surface area contributed by atoms with Crippen molar-refractivity contribution in [3.05, 3.63) is 64.1 Å². The number of aromatic nitrogens is 1. The Morgan fingerprint density at radius 2 is 2.12 bits per heavy atom. The van der Waals surface area contributed by atoms with Crippen LogP contribution in [0.1, 0.15) is 23.6 Å². The number of hydrogen-bond donors (Lipinski definition) is 4. The smallest absolute Gasteiger partial charge is 0.417 e. The minimum absolute atomic E-state index is 0.0947. The lowest BCUT2D eigenvalue weighted by molar-refractivity contribution is -0.139. The van der Waals surface area contributed by atoms with Crippen LogP contribution in [0.15, 0.2) is 51.7 Å². The number of benzene rings is 2. The van der Waals surface area contributed by atoms with E-state index >= 15 is 0 Å². The molecule has 1 amide bonds. The lowest BCUT2D eigenvalue weighted by Gasteiger charge is -2.25. The number of carboxylic acids is 1. The first-order valence-corrected chi connectivity index (χ1v) is 10.6. The highest BCUT2D eigenvalue weighted by Crippen LogP contribution is 2.23. The van der Waals surface area contributed by atoms with Gasteiger partial charge in [-0.3, -0.25) is 14.7 Å². The first-order chi connectivity index (χ1) is 15.9. The van der Waals surface area contributed by atoms with Gasteiger partial charge in [0.2, 0.25) is 5.91 Å². The number of fused-ring (bicyclic) bond motifs is 1. The monoisotopic (exact) mass is 455 g/mol. The van der Waals surface area contributed by atoms with Gasteiger partial charge in [-0.15, -0.1) is 0 Å². The molecule has 3 aromatic rings. The number of carbonyl (C=O) groups is 2. The van der Waals surface area contributed by atoms with Crippen LogP contribution in [0.5, 0.6) is 5.75 Å². The average Bonchev–Trinajstić information content (AvgIpc) is 3.35. The van der Waals surface area contributed by atoms with E-state index in [1.165, 1.54) is 0 Å². The van der Waals surface area contributed by atoms with Gasteiger partial charge in [-0.2, -0.15) is 0 Å². The van der Waals surface area contributed by atoms with E-state index in [4.69, 9.17) is 14.3 Å². The van der Waals surface area contributed by atoms with Crippen molar-refractivity contribution in [2.75, 3.05) is 26.2 Å². The second-order valence-corrected chi connectivity index (χ2v) is 8.10. The second kappa shape index (κ2) is 9.88. The van der Waals surface area contributed by atoms with Gasteiger partial charge < -0.3 is 24.7 Å². The molecule has 1 aromatic heterocycles. The van der Waals surface area contributed by atoms with Crippen molar-refractivity contribution in [3.8, 4) is 5.75 Å². The molecule has 4 N–H and O–H groups in total. The average molecular weight is 455 g/mol. The molecule has 0 spiro atoms. The molecule has 2 heterocycles. The standard InChI is InChI=1S/C23H25N3O7/c27-16-6-7-26(11-16)12-19(15-2-1-3-17(10-15)32-13-22(29)30)24-21(28)9-14-4-5-20-18(8-14)25-23(31)33-20/h1-5,8,10,16,19,27H,6-7,9,11-13H2,(H,24,28)(H,25,31)(H,29,30)/t16?,19-/m1/s1. The van der Waals surface area contributed by atoms with E-state index in [1.54, 1.807) is 36.4 Å². The maximum Gasteiger partial charge on any atom is 0.417 e. The Kier molecular flexibility index (Phi) is 6.76. The Morgan fingerprint density at radius 3 is 2.88 bits per heavy atom. The number of oxazole rings is 1. The maximum absolute atomic E-state index is 12.9. The highest BCUT2D eigenvalue weighted by atomic mass is 16.5. The minimum Gasteiger partial charge on any atom is -0.482 e. The summed E-state index contributed by atoms with van der Waals surface area (Å²) < 4.78 is 10.3. The van der Waals surface area contributed by atoms with E-state index < -0.39 is 30.5 Å². The number of carbonyl (C=O) groups excluding carboxylic acids is 1. The number of rotatable bonds is 9. The summed E-state index contributed by atoms with van der Waals surface area (Å²) in [6, 6.07) is 11.6. The van der Waals surface area contributed by atoms with Gasteiger partial charge in [-0.1, -0.05) is 18.2 Å². The molecule has 0 bridgehead atoms. The number of ether oxygens (including phenoxy) is 1. The van der Waals surface area contributed by atoms with E-state index in [0.717, 1.165) is 5.56 Å². The summed E-state index contributed by atoms with van der Waals surface area (Å²) in [6.07, 6.45) is 0.374. The number of carboxylic acid groups (broad SMARTS) is 1. The number of aromatic amines is 1. The maximum atomic E-state index is 12.9. The molecule has 10 heteroatoms. The van der Waals surface area contributed by atoms with Crippen molar-refractivity contribution in [2.45, 2.75) is 25.0 Å². The van der Waals surface area contributed by atoms with Crippen LogP contribution < -0.4 is 15.8 Å². The zero-order chi connectivity index (χ0) is 23.4. The van der Waals surface area contributed by atoms with Gasteiger partial charge in [0.15, 0.2) is 12.2 Å². The van der Waals surface area contributed by atoms with Gasteiger partial charge in [0, 0.05) is 19.6 Å². The molecule has 0 aliphatic carbocycles. The number of aliphatic hydroxyl groups is 1. The van der Waals surface area contributed by atoms with E-state index in [0.29, 0.717) is 48.5 Å². The van der Waals surface area contributed by atoms with Gasteiger partial charge >= 0.3 is 11.7 Å². The number of likely N-dealkylation sites (tertiary alicyclic amines) is 1. The zero-order valence-corrected chi connectivity index (χ0v) is 17.8. The number of nitrogens with zero attached hydrogens (tertiary/aromatic N) is 1. The summed E-state index contributed by atoms with van der Waals surface area (Å²) in [5.41, 5.74) is 2.43. The topological polar surface area (TPSA) is 145 Å². The van der Waals surface area contributed by atoms with Gasteiger partial charge in [0.1, 0.15) is 5.75 Å². The lowest BCUT2D eigenvalue weighted by Crippen LogP contribution is -2.38. The molecule has 1 aliphatic heterocycles. The number of H-pyrrole nitrogens is 1. The minimum atomic E-state index is -1.08. The summed E-state index contributed by atoms with van der Waals surface area (Å²) in [4.78, 5) is 39.7. The molecule has 33 heavy (non-hydrogen) atoms. The van der Waals surface area contributed by atoms with Crippen molar-refractivity contribution in [1.82, 2.24) is 15.2 Å². The summed E-state index contributed by atoms with van der Waals surface area (Å²) in [7, 11) is 0. The Labute approximate surface area is 188 Å². The van der Waals surface area contributed by atoms with Gasteiger partial charge in [-0.25, -0.2) is 9.59 Å². The molecular weight excluding hydrogens is 430 g/mol. The quantitative estimate of drug-likeness (QED) is 0.375. The predicted octanol–water partition coefficient (Wildman–Crippen LogP) is 1.05. The molecule has 10 nitrogen and oxygen atoms in total. The van der Waals surface area contributed by atoms with Crippen LogP contribution in [-0.4, -0.2) is 64.3 Å². The van der Waals surface area contributed by atoms with Crippen molar-refractivity contribution in [3.63, 3.8) is 0 Å². The molecule has 0 radical (unpaired) electrons. The molecule has 1 saturated heterocycles. The van der Waals surface area contributed by atoms with Crippen LogP contribution in [0, 0.1) is 0 Å². The molecular formula is C23H25N3O7. The number of amides is 1. The lowest BCUT2D eigenvalue weighted by atomic mass is 10.0. The summed E-state index contributed by atoms with van der Waals surface area (Å²) in [5.74, 6) is -1.46. The SMILES string of the molecule is O=C(O)COc1cccc([C@@H](CN2CCC(O)C2)NC(=O)Cc2ccc3oc(=O)[nH]c3c2)c1. The van der Waals surface area contributed by atoms with E-state index in [9.17, 15) is 19.5 Å². The Balaban J connectivity index is 1.49. The fourth-order valence-corrected chi connectivity index (χ4v) is 3.98. The second-order valence-electron chi connectivity index (χ2n) is 8.10. The third kappa shape index (κ3) is 5.99. The third-order valence-corrected chi connectivity index (χ3v) is 5.49. The molecule has 1 aliphatic rings. The van der Waals surface area contributed by atoms with Gasteiger partial charge in [-0.05, 0) is 41.8 Å². The molecule has 4 rings (SSSR count). The molecule has 1 fully saturated rings. The van der Waals surface area contributed by atoms with E-state index in [1.807, 2.05) is 6.07 Å². The highest BCUT2D eigenvalue weighted by Gasteiger charge is 2.25. The Morgan fingerprint density at radius 1 is 1.27 bits per heavy atom. The van der Waals surface area contributed by atoms with E-state index in [2.05, 4.69) is 15.2 Å². The van der Waals surface area contributed by atoms with Crippen LogP contribution >= 0.6 is 0 Å². The Hall–Kier alpha value is -3.63. The molecule has 2 atom stereocenters. The molecule has 2 aromatic carbocycles.